The Morgan fingerprint density at radius 2 is 2.00 bits per heavy atom. The number of piperazine rings is 1. The summed E-state index contributed by atoms with van der Waals surface area (Å²) < 4.78 is 79.9. The standard InChI is InChI=1S/C31H31F5N8OS/c1-15-12-44(16(2)11-39-15)28-23-21(40-29(42-28)45-14-30-7-4-8-43(30)13-17(32)10-30)9-19(26(41-23)31(34,35)36)18-5-6-20(33)25-22(18)24(38-3)27(37)46-25/h5-6,9,15-17,39H,4,7-8,10-14,37H2,1-2H3/t15-,16+,17-,30+/m1/s1. The first-order valence-corrected chi connectivity index (χ1v) is 15.9. The van der Waals surface area contributed by atoms with Crippen LogP contribution in [0.1, 0.15) is 38.8 Å². The molecule has 0 spiro atoms. The van der Waals surface area contributed by atoms with E-state index < -0.39 is 29.4 Å². The number of pyridine rings is 1. The Morgan fingerprint density at radius 1 is 1.20 bits per heavy atom. The highest BCUT2D eigenvalue weighted by atomic mass is 32.1. The fourth-order valence-corrected chi connectivity index (χ4v) is 8.12. The maximum absolute atomic E-state index is 14.8. The highest BCUT2D eigenvalue weighted by Crippen LogP contribution is 2.49. The van der Waals surface area contributed by atoms with Crippen LogP contribution >= 0.6 is 11.3 Å². The molecule has 0 saturated carbocycles. The van der Waals surface area contributed by atoms with Crippen molar-refractivity contribution < 1.29 is 26.7 Å². The molecule has 0 radical (unpaired) electrons. The first-order chi connectivity index (χ1) is 21.9. The Kier molecular flexibility index (Phi) is 7.45. The van der Waals surface area contributed by atoms with Crippen LogP contribution in [0.25, 0.3) is 37.1 Å². The van der Waals surface area contributed by atoms with Gasteiger partial charge in [0.15, 0.2) is 11.5 Å². The molecule has 4 aromatic rings. The van der Waals surface area contributed by atoms with Crippen LogP contribution in [0.4, 0.5) is 38.5 Å². The highest BCUT2D eigenvalue weighted by molar-refractivity contribution is 7.23. The number of alkyl halides is 4. The third kappa shape index (κ3) is 5.07. The molecule has 0 amide bonds. The van der Waals surface area contributed by atoms with Crippen molar-refractivity contribution in [2.75, 3.05) is 43.4 Å². The van der Waals surface area contributed by atoms with Crippen molar-refractivity contribution in [2.24, 2.45) is 0 Å². The van der Waals surface area contributed by atoms with E-state index in [1.54, 1.807) is 0 Å². The Labute approximate surface area is 265 Å². The molecule has 0 unspecified atom stereocenters. The van der Waals surface area contributed by atoms with Crippen LogP contribution in [0.15, 0.2) is 18.2 Å². The largest absolute Gasteiger partial charge is 0.461 e. The molecule has 4 atom stereocenters. The molecule has 0 bridgehead atoms. The van der Waals surface area contributed by atoms with Crippen LogP contribution in [-0.2, 0) is 6.18 Å². The topological polar surface area (TPSA) is 96.8 Å². The zero-order valence-corrected chi connectivity index (χ0v) is 25.9. The number of ether oxygens (including phenoxy) is 1. The number of rotatable bonds is 5. The average molecular weight is 659 g/mol. The van der Waals surface area contributed by atoms with Crippen molar-refractivity contribution in [3.8, 4) is 17.1 Å². The summed E-state index contributed by atoms with van der Waals surface area (Å²) in [6.45, 7) is 13.8. The number of aromatic nitrogens is 3. The minimum atomic E-state index is -4.92. The van der Waals surface area contributed by atoms with Gasteiger partial charge in [0.25, 0.3) is 0 Å². The first-order valence-electron chi connectivity index (χ1n) is 15.1. The number of thiophene rings is 1. The number of nitrogens with two attached hydrogens (primary N) is 1. The number of nitrogens with zero attached hydrogens (tertiary/aromatic N) is 6. The normalized spacial score (nSPS) is 25.3. The molecule has 3 aliphatic rings. The van der Waals surface area contributed by atoms with Crippen LogP contribution < -0.4 is 20.7 Å². The minimum Gasteiger partial charge on any atom is -0.461 e. The average Bonchev–Trinajstić information content (AvgIpc) is 3.65. The number of hydrogen-bond acceptors (Lipinski definition) is 9. The van der Waals surface area contributed by atoms with Crippen LogP contribution in [0.2, 0.25) is 0 Å². The van der Waals surface area contributed by atoms with Crippen LogP contribution in [0, 0.1) is 12.4 Å². The zero-order valence-electron chi connectivity index (χ0n) is 25.1. The summed E-state index contributed by atoms with van der Waals surface area (Å²) in [6, 6.07) is 3.33. The third-order valence-electron chi connectivity index (χ3n) is 9.36. The van der Waals surface area contributed by atoms with E-state index >= 15 is 0 Å². The molecule has 6 heterocycles. The molecular formula is C31H31F5N8OS. The van der Waals surface area contributed by atoms with Gasteiger partial charge in [0.1, 0.15) is 24.1 Å². The number of anilines is 2. The summed E-state index contributed by atoms with van der Waals surface area (Å²) in [5.74, 6) is -0.503. The fourth-order valence-electron chi connectivity index (χ4n) is 7.18. The monoisotopic (exact) mass is 658 g/mol. The summed E-state index contributed by atoms with van der Waals surface area (Å²) >= 11 is 0.804. The SMILES string of the molecule is [C-]#[N+]c1c(N)sc2c(F)ccc(-c3cc4nc(OC[C@@]56CCCN5C[C@H](F)C6)nc(N5C[C@@H](C)NC[C@@H]5C)c4nc3C(F)(F)F)c12. The second kappa shape index (κ2) is 11.1. The molecule has 3 N–H and O–H groups in total. The molecule has 3 aliphatic heterocycles. The summed E-state index contributed by atoms with van der Waals surface area (Å²) in [6.07, 6.45) is -3.89. The van der Waals surface area contributed by atoms with Crippen molar-refractivity contribution in [2.45, 2.75) is 63.1 Å². The van der Waals surface area contributed by atoms with Gasteiger partial charge < -0.3 is 20.7 Å². The summed E-state index contributed by atoms with van der Waals surface area (Å²) in [4.78, 5) is 20.8. The Balaban J connectivity index is 1.44. The number of fused-ring (bicyclic) bond motifs is 3. The van der Waals surface area contributed by atoms with E-state index in [2.05, 4.69) is 30.0 Å². The number of nitrogens with one attached hydrogen (secondary N) is 1. The van der Waals surface area contributed by atoms with E-state index in [-0.39, 0.29) is 73.5 Å². The number of halogens is 5. The van der Waals surface area contributed by atoms with E-state index in [4.69, 9.17) is 17.0 Å². The quantitative estimate of drug-likeness (QED) is 0.190. The molecule has 0 aliphatic carbocycles. The van der Waals surface area contributed by atoms with Gasteiger partial charge in [0, 0.05) is 49.1 Å². The Bertz CT molecular complexity index is 1890. The van der Waals surface area contributed by atoms with Crippen molar-refractivity contribution >= 4 is 49.0 Å². The summed E-state index contributed by atoms with van der Waals surface area (Å²) in [7, 11) is 0. The van der Waals surface area contributed by atoms with Crippen LogP contribution in [0.3, 0.4) is 0 Å². The van der Waals surface area contributed by atoms with Gasteiger partial charge in [0.05, 0.1) is 27.3 Å². The predicted molar refractivity (Wildman–Crippen MR) is 167 cm³/mol. The molecule has 1 aromatic carbocycles. The number of nitrogen functional groups attached to an aromatic ring is 1. The number of benzene rings is 1. The first kappa shape index (κ1) is 30.8. The zero-order chi connectivity index (χ0) is 32.5. The van der Waals surface area contributed by atoms with E-state index in [1.165, 1.54) is 12.1 Å². The maximum atomic E-state index is 14.8. The molecule has 15 heteroatoms. The molecule has 3 aromatic heterocycles. The van der Waals surface area contributed by atoms with Gasteiger partial charge in [0.2, 0.25) is 5.69 Å². The van der Waals surface area contributed by atoms with Gasteiger partial charge in [-0.2, -0.15) is 23.1 Å². The summed E-state index contributed by atoms with van der Waals surface area (Å²) in [5.41, 5.74) is 3.77. The van der Waals surface area contributed by atoms with E-state index in [9.17, 15) is 22.0 Å². The minimum absolute atomic E-state index is 0.00327. The second-order valence-corrected chi connectivity index (χ2v) is 13.5. The van der Waals surface area contributed by atoms with Gasteiger partial charge >= 0.3 is 12.2 Å². The molecular weight excluding hydrogens is 627 g/mol. The lowest BCUT2D eigenvalue weighted by Gasteiger charge is -2.38. The van der Waals surface area contributed by atoms with Gasteiger partial charge in [-0.25, -0.2) is 18.6 Å². The van der Waals surface area contributed by atoms with Crippen molar-refractivity contribution in [3.05, 3.63) is 41.1 Å². The summed E-state index contributed by atoms with van der Waals surface area (Å²) in [5, 5.41) is 3.35. The van der Waals surface area contributed by atoms with Crippen LogP contribution in [-0.4, -0.2) is 76.4 Å². The van der Waals surface area contributed by atoms with Crippen molar-refractivity contribution in [1.29, 1.82) is 0 Å². The molecule has 3 saturated heterocycles. The van der Waals surface area contributed by atoms with E-state index in [1.807, 2.05) is 18.7 Å². The van der Waals surface area contributed by atoms with Gasteiger partial charge in [-0.3, -0.25) is 4.90 Å². The van der Waals surface area contributed by atoms with E-state index in [0.717, 1.165) is 36.8 Å². The highest BCUT2D eigenvalue weighted by Gasteiger charge is 2.49. The van der Waals surface area contributed by atoms with Crippen molar-refractivity contribution in [1.82, 2.24) is 25.2 Å². The van der Waals surface area contributed by atoms with Crippen molar-refractivity contribution in [3.63, 3.8) is 0 Å². The van der Waals surface area contributed by atoms with Gasteiger partial charge in [-0.15, -0.1) is 11.3 Å². The predicted octanol–water partition coefficient (Wildman–Crippen LogP) is 6.34. The third-order valence-corrected chi connectivity index (χ3v) is 10.4. The molecule has 7 rings (SSSR count). The second-order valence-electron chi connectivity index (χ2n) is 12.5. The molecule has 3 fully saturated rings. The van der Waals surface area contributed by atoms with Gasteiger partial charge in [-0.05, 0) is 50.9 Å². The van der Waals surface area contributed by atoms with Gasteiger partial charge in [-0.1, -0.05) is 6.07 Å². The van der Waals surface area contributed by atoms with Crippen LogP contribution in [0.5, 0.6) is 6.01 Å². The lowest BCUT2D eigenvalue weighted by Crippen LogP contribution is -2.54. The maximum Gasteiger partial charge on any atom is 0.433 e. The smallest absolute Gasteiger partial charge is 0.433 e. The Hall–Kier alpha value is -3.87. The number of hydrogen-bond donors (Lipinski definition) is 2. The lowest BCUT2D eigenvalue weighted by atomic mass is 9.95. The fraction of sp³-hybridized carbons (Fsp3) is 0.484. The molecule has 9 nitrogen and oxygen atoms in total. The molecule has 46 heavy (non-hydrogen) atoms. The van der Waals surface area contributed by atoms with E-state index in [0.29, 0.717) is 26.1 Å². The molecule has 242 valence electrons. The Morgan fingerprint density at radius 3 is 2.76 bits per heavy atom. The lowest BCUT2D eigenvalue weighted by molar-refractivity contribution is -0.140.